The number of amides is 1. The molecule has 0 fully saturated rings. The highest BCUT2D eigenvalue weighted by molar-refractivity contribution is 5.98. The third kappa shape index (κ3) is 3.27. The van der Waals surface area contributed by atoms with Gasteiger partial charge in [0.25, 0.3) is 0 Å². The molecule has 104 valence electrons. The standard InChI is InChI=1S/C18H21NO/c1-13-9-11-14(12-10-13)15-7-5-6-8-16(15)19-17(20)18(2,3)4/h5-12H,1-4H3,(H,19,20). The van der Waals surface area contributed by atoms with Gasteiger partial charge in [-0.2, -0.15) is 0 Å². The monoisotopic (exact) mass is 267 g/mol. The lowest BCUT2D eigenvalue weighted by atomic mass is 9.95. The second kappa shape index (κ2) is 5.49. The Morgan fingerprint density at radius 1 is 0.950 bits per heavy atom. The van der Waals surface area contributed by atoms with Crippen LogP contribution in [-0.2, 0) is 4.79 Å². The second-order valence-corrected chi connectivity index (χ2v) is 6.12. The Hall–Kier alpha value is -2.09. The molecular weight excluding hydrogens is 246 g/mol. The van der Waals surface area contributed by atoms with Crippen LogP contribution in [-0.4, -0.2) is 5.91 Å². The van der Waals surface area contributed by atoms with Crippen molar-refractivity contribution in [2.45, 2.75) is 27.7 Å². The van der Waals surface area contributed by atoms with Gasteiger partial charge in [0.1, 0.15) is 0 Å². The van der Waals surface area contributed by atoms with E-state index in [0.29, 0.717) is 0 Å². The number of nitrogens with one attached hydrogen (secondary N) is 1. The van der Waals surface area contributed by atoms with Crippen LogP contribution < -0.4 is 5.32 Å². The zero-order chi connectivity index (χ0) is 14.8. The lowest BCUT2D eigenvalue weighted by Crippen LogP contribution is -2.27. The summed E-state index contributed by atoms with van der Waals surface area (Å²) in [5, 5.41) is 3.02. The number of para-hydroxylation sites is 1. The smallest absolute Gasteiger partial charge is 0.229 e. The minimum atomic E-state index is -0.402. The number of aryl methyl sites for hydroxylation is 1. The highest BCUT2D eigenvalue weighted by Gasteiger charge is 2.22. The lowest BCUT2D eigenvalue weighted by Gasteiger charge is -2.19. The first-order valence-electron chi connectivity index (χ1n) is 6.85. The van der Waals surface area contributed by atoms with E-state index >= 15 is 0 Å². The zero-order valence-corrected chi connectivity index (χ0v) is 12.5. The number of carbonyl (C=O) groups excluding carboxylic acids is 1. The molecule has 0 aliphatic carbocycles. The molecule has 0 unspecified atom stereocenters. The van der Waals surface area contributed by atoms with Crippen molar-refractivity contribution >= 4 is 11.6 Å². The van der Waals surface area contributed by atoms with E-state index in [1.807, 2.05) is 45.0 Å². The fraction of sp³-hybridized carbons (Fsp3) is 0.278. The molecular formula is C18H21NO. The molecule has 0 aliphatic heterocycles. The maximum atomic E-state index is 12.2. The Balaban J connectivity index is 2.36. The van der Waals surface area contributed by atoms with Crippen molar-refractivity contribution in [1.29, 1.82) is 0 Å². The Kier molecular flexibility index (Phi) is 3.93. The molecule has 1 amide bonds. The van der Waals surface area contributed by atoms with E-state index in [0.717, 1.165) is 16.8 Å². The molecule has 1 N–H and O–H groups in total. The van der Waals surface area contributed by atoms with Crippen LogP contribution in [0.4, 0.5) is 5.69 Å². The summed E-state index contributed by atoms with van der Waals surface area (Å²) in [6.45, 7) is 7.81. The molecule has 0 aliphatic rings. The summed E-state index contributed by atoms with van der Waals surface area (Å²) < 4.78 is 0. The van der Waals surface area contributed by atoms with Crippen molar-refractivity contribution < 1.29 is 4.79 Å². The van der Waals surface area contributed by atoms with Crippen LogP contribution in [0.25, 0.3) is 11.1 Å². The van der Waals surface area contributed by atoms with Gasteiger partial charge in [0, 0.05) is 16.7 Å². The summed E-state index contributed by atoms with van der Waals surface area (Å²) in [6, 6.07) is 16.2. The Bertz CT molecular complexity index is 606. The van der Waals surface area contributed by atoms with Crippen molar-refractivity contribution in [3.63, 3.8) is 0 Å². The van der Waals surface area contributed by atoms with Crippen molar-refractivity contribution in [3.8, 4) is 11.1 Å². The van der Waals surface area contributed by atoms with E-state index in [1.54, 1.807) is 0 Å². The minimum absolute atomic E-state index is 0.0251. The highest BCUT2D eigenvalue weighted by Crippen LogP contribution is 2.29. The molecule has 0 saturated heterocycles. The molecule has 0 atom stereocenters. The Morgan fingerprint density at radius 2 is 1.55 bits per heavy atom. The molecule has 20 heavy (non-hydrogen) atoms. The topological polar surface area (TPSA) is 29.1 Å². The minimum Gasteiger partial charge on any atom is -0.325 e. The van der Waals surface area contributed by atoms with Gasteiger partial charge in [-0.25, -0.2) is 0 Å². The summed E-state index contributed by atoms with van der Waals surface area (Å²) in [5.41, 5.74) is 3.84. The molecule has 0 heterocycles. The summed E-state index contributed by atoms with van der Waals surface area (Å²) in [6.07, 6.45) is 0. The average molecular weight is 267 g/mol. The van der Waals surface area contributed by atoms with Crippen LogP contribution in [0.15, 0.2) is 48.5 Å². The van der Waals surface area contributed by atoms with Crippen LogP contribution >= 0.6 is 0 Å². The number of hydrogen-bond donors (Lipinski definition) is 1. The first-order chi connectivity index (χ1) is 9.38. The average Bonchev–Trinajstić information content (AvgIpc) is 2.39. The lowest BCUT2D eigenvalue weighted by molar-refractivity contribution is -0.123. The molecule has 0 spiro atoms. The maximum Gasteiger partial charge on any atom is 0.229 e. The van der Waals surface area contributed by atoms with E-state index in [-0.39, 0.29) is 5.91 Å². The number of hydrogen-bond acceptors (Lipinski definition) is 1. The quantitative estimate of drug-likeness (QED) is 0.843. The first kappa shape index (κ1) is 14.3. The van der Waals surface area contributed by atoms with Gasteiger partial charge in [-0.1, -0.05) is 68.8 Å². The number of anilines is 1. The molecule has 0 bridgehead atoms. The summed E-state index contributed by atoms with van der Waals surface area (Å²) in [4.78, 5) is 12.2. The number of rotatable bonds is 2. The zero-order valence-electron chi connectivity index (χ0n) is 12.5. The maximum absolute atomic E-state index is 12.2. The van der Waals surface area contributed by atoms with Gasteiger partial charge in [-0.15, -0.1) is 0 Å². The van der Waals surface area contributed by atoms with Crippen LogP contribution in [0.5, 0.6) is 0 Å². The van der Waals surface area contributed by atoms with Gasteiger partial charge in [-0.3, -0.25) is 4.79 Å². The number of carbonyl (C=O) groups is 1. The normalized spacial score (nSPS) is 11.2. The van der Waals surface area contributed by atoms with E-state index < -0.39 is 5.41 Å². The molecule has 2 aromatic carbocycles. The van der Waals surface area contributed by atoms with Crippen LogP contribution in [0.2, 0.25) is 0 Å². The van der Waals surface area contributed by atoms with Gasteiger partial charge in [0.05, 0.1) is 0 Å². The summed E-state index contributed by atoms with van der Waals surface area (Å²) in [7, 11) is 0. The molecule has 0 aromatic heterocycles. The Morgan fingerprint density at radius 3 is 2.15 bits per heavy atom. The van der Waals surface area contributed by atoms with Crippen LogP contribution in [0.1, 0.15) is 26.3 Å². The highest BCUT2D eigenvalue weighted by atomic mass is 16.2. The first-order valence-corrected chi connectivity index (χ1v) is 6.85. The van der Waals surface area contributed by atoms with Gasteiger partial charge < -0.3 is 5.32 Å². The van der Waals surface area contributed by atoms with E-state index in [1.165, 1.54) is 5.56 Å². The van der Waals surface area contributed by atoms with E-state index in [9.17, 15) is 4.79 Å². The molecule has 2 nitrogen and oxygen atoms in total. The fourth-order valence-electron chi connectivity index (χ4n) is 1.89. The largest absolute Gasteiger partial charge is 0.325 e. The van der Waals surface area contributed by atoms with Gasteiger partial charge in [0.2, 0.25) is 5.91 Å². The predicted octanol–water partition coefficient (Wildman–Crippen LogP) is 4.65. The van der Waals surface area contributed by atoms with Crippen LogP contribution in [0, 0.1) is 12.3 Å². The van der Waals surface area contributed by atoms with Crippen molar-refractivity contribution in [2.75, 3.05) is 5.32 Å². The summed E-state index contributed by atoms with van der Waals surface area (Å²) >= 11 is 0. The molecule has 2 rings (SSSR count). The third-order valence-corrected chi connectivity index (χ3v) is 3.22. The second-order valence-electron chi connectivity index (χ2n) is 6.12. The molecule has 0 radical (unpaired) electrons. The fourth-order valence-corrected chi connectivity index (χ4v) is 1.89. The summed E-state index contributed by atoms with van der Waals surface area (Å²) in [5.74, 6) is 0.0251. The van der Waals surface area contributed by atoms with Crippen molar-refractivity contribution in [3.05, 3.63) is 54.1 Å². The van der Waals surface area contributed by atoms with Gasteiger partial charge in [0.15, 0.2) is 0 Å². The van der Waals surface area contributed by atoms with Crippen molar-refractivity contribution in [1.82, 2.24) is 0 Å². The molecule has 2 aromatic rings. The van der Waals surface area contributed by atoms with Crippen molar-refractivity contribution in [2.24, 2.45) is 5.41 Å². The van der Waals surface area contributed by atoms with E-state index in [4.69, 9.17) is 0 Å². The van der Waals surface area contributed by atoms with Crippen LogP contribution in [0.3, 0.4) is 0 Å². The van der Waals surface area contributed by atoms with E-state index in [2.05, 4.69) is 36.5 Å². The Labute approximate surface area is 120 Å². The molecule has 0 saturated carbocycles. The molecule has 2 heteroatoms. The predicted molar refractivity (Wildman–Crippen MR) is 84.7 cm³/mol. The van der Waals surface area contributed by atoms with Gasteiger partial charge >= 0.3 is 0 Å². The SMILES string of the molecule is Cc1ccc(-c2ccccc2NC(=O)C(C)(C)C)cc1. The third-order valence-electron chi connectivity index (χ3n) is 3.22. The van der Waals surface area contributed by atoms with Gasteiger partial charge in [-0.05, 0) is 18.6 Å². The number of benzene rings is 2.